The van der Waals surface area contributed by atoms with Crippen molar-refractivity contribution in [3.63, 3.8) is 0 Å². The molecule has 1 aromatic rings. The molecule has 1 aliphatic heterocycles. The summed E-state index contributed by atoms with van der Waals surface area (Å²) in [6.45, 7) is 10.0. The van der Waals surface area contributed by atoms with E-state index in [0.29, 0.717) is 6.61 Å². The van der Waals surface area contributed by atoms with E-state index in [0.717, 1.165) is 0 Å². The Balaban J connectivity index is 2.07. The van der Waals surface area contributed by atoms with Crippen molar-refractivity contribution in [2.45, 2.75) is 63.3 Å². The average Bonchev–Trinajstić information content (AvgIpc) is 3.27. The molecule has 0 aromatic heterocycles. The van der Waals surface area contributed by atoms with Gasteiger partial charge in [0.15, 0.2) is 11.9 Å². The van der Waals surface area contributed by atoms with Crippen LogP contribution in [0.4, 0.5) is 0 Å². The Kier molecular flexibility index (Phi) is 3.67. The number of benzene rings is 1. The third kappa shape index (κ3) is 2.31. The van der Waals surface area contributed by atoms with Crippen molar-refractivity contribution in [1.29, 1.82) is 0 Å². The van der Waals surface area contributed by atoms with Crippen LogP contribution in [0.25, 0.3) is 0 Å². The molecule has 0 N–H and O–H groups in total. The van der Waals surface area contributed by atoms with Gasteiger partial charge in [-0.25, -0.2) is 0 Å². The summed E-state index contributed by atoms with van der Waals surface area (Å²) in [5.41, 5.74) is 4.09. The van der Waals surface area contributed by atoms with Gasteiger partial charge in [-0.05, 0) is 40.4 Å². The molecule has 3 rings (SSSR count). The van der Waals surface area contributed by atoms with Crippen molar-refractivity contribution in [3.05, 3.63) is 34.9 Å². The maximum Gasteiger partial charge on any atom is 0.192 e. The second-order valence-corrected chi connectivity index (χ2v) is 8.01. The molecular weight excluding hydrogens is 276 g/mol. The molecule has 1 saturated heterocycles. The van der Waals surface area contributed by atoms with Crippen LogP contribution in [0.3, 0.4) is 0 Å². The first-order valence-corrected chi connectivity index (χ1v) is 8.12. The second-order valence-electron chi connectivity index (χ2n) is 8.01. The molecule has 0 amide bonds. The van der Waals surface area contributed by atoms with E-state index in [1.807, 2.05) is 0 Å². The van der Waals surface area contributed by atoms with Gasteiger partial charge in [-0.15, -0.1) is 0 Å². The molecule has 0 saturated carbocycles. The highest BCUT2D eigenvalue weighted by Gasteiger charge is 2.55. The van der Waals surface area contributed by atoms with Crippen LogP contribution in [0.15, 0.2) is 18.2 Å². The Hall–Kier alpha value is -0.900. The Bertz CT molecular complexity index is 566. The van der Waals surface area contributed by atoms with Gasteiger partial charge in [-0.2, -0.15) is 0 Å². The van der Waals surface area contributed by atoms with Crippen LogP contribution in [0, 0.1) is 0 Å². The molecule has 1 aliphatic carbocycles. The van der Waals surface area contributed by atoms with Gasteiger partial charge in [0, 0.05) is 14.2 Å². The largest absolute Gasteiger partial charge is 0.359 e. The highest BCUT2D eigenvalue weighted by molar-refractivity contribution is 5.46. The first-order chi connectivity index (χ1) is 10.3. The number of epoxide rings is 1. The maximum absolute atomic E-state index is 5.79. The minimum absolute atomic E-state index is 0.201. The summed E-state index contributed by atoms with van der Waals surface area (Å²) in [6, 6.07) is 6.81. The summed E-state index contributed by atoms with van der Waals surface area (Å²) < 4.78 is 16.7. The summed E-state index contributed by atoms with van der Waals surface area (Å²) in [6.07, 6.45) is 2.08. The molecular formula is C19H28O3. The first-order valence-electron chi connectivity index (χ1n) is 8.12. The summed E-state index contributed by atoms with van der Waals surface area (Å²) in [4.78, 5) is 0. The lowest BCUT2D eigenvalue weighted by Gasteiger charge is -2.42. The van der Waals surface area contributed by atoms with Gasteiger partial charge in [0.05, 0.1) is 6.61 Å². The van der Waals surface area contributed by atoms with Crippen LogP contribution < -0.4 is 0 Å². The predicted molar refractivity (Wildman–Crippen MR) is 87.2 cm³/mol. The van der Waals surface area contributed by atoms with Crippen LogP contribution in [0.1, 0.15) is 57.2 Å². The quantitative estimate of drug-likeness (QED) is 0.625. The molecule has 3 nitrogen and oxygen atoms in total. The third-order valence-electron chi connectivity index (χ3n) is 5.61. The lowest BCUT2D eigenvalue weighted by Crippen LogP contribution is -2.36. The molecule has 22 heavy (non-hydrogen) atoms. The summed E-state index contributed by atoms with van der Waals surface area (Å²) in [5.74, 6) is 0. The predicted octanol–water partition coefficient (Wildman–Crippen LogP) is 3.88. The van der Waals surface area contributed by atoms with Gasteiger partial charge in [0.1, 0.15) is 0 Å². The van der Waals surface area contributed by atoms with Crippen molar-refractivity contribution in [1.82, 2.24) is 0 Å². The molecule has 1 atom stereocenters. The van der Waals surface area contributed by atoms with Gasteiger partial charge in [0.25, 0.3) is 0 Å². The van der Waals surface area contributed by atoms with Crippen LogP contribution >= 0.6 is 0 Å². The smallest absolute Gasteiger partial charge is 0.192 e. The minimum atomic E-state index is -0.434. The monoisotopic (exact) mass is 304 g/mol. The van der Waals surface area contributed by atoms with Gasteiger partial charge in [0.2, 0.25) is 0 Å². The van der Waals surface area contributed by atoms with Crippen LogP contribution in [0.2, 0.25) is 0 Å². The van der Waals surface area contributed by atoms with E-state index in [4.69, 9.17) is 14.2 Å². The molecule has 0 bridgehead atoms. The molecule has 1 aromatic carbocycles. The summed E-state index contributed by atoms with van der Waals surface area (Å²) >= 11 is 0. The fourth-order valence-corrected chi connectivity index (χ4v) is 3.85. The van der Waals surface area contributed by atoms with E-state index in [-0.39, 0.29) is 17.1 Å². The highest BCUT2D eigenvalue weighted by Crippen LogP contribution is 2.49. The fraction of sp³-hybridized carbons (Fsp3) is 0.684. The van der Waals surface area contributed by atoms with Crippen LogP contribution in [-0.2, 0) is 30.6 Å². The van der Waals surface area contributed by atoms with Gasteiger partial charge < -0.3 is 14.2 Å². The molecule has 1 heterocycles. The van der Waals surface area contributed by atoms with E-state index < -0.39 is 5.60 Å². The van der Waals surface area contributed by atoms with Gasteiger partial charge >= 0.3 is 0 Å². The number of fused-ring (bicyclic) bond motifs is 1. The minimum Gasteiger partial charge on any atom is -0.359 e. The molecule has 3 heteroatoms. The van der Waals surface area contributed by atoms with Crippen molar-refractivity contribution in [2.75, 3.05) is 20.8 Å². The number of hydrogen-bond acceptors (Lipinski definition) is 3. The van der Waals surface area contributed by atoms with Gasteiger partial charge in [-0.3, -0.25) is 0 Å². The normalized spacial score (nSPS) is 28.5. The number of ether oxygens (including phenoxy) is 3. The Morgan fingerprint density at radius 3 is 2.00 bits per heavy atom. The zero-order valence-electron chi connectivity index (χ0n) is 14.7. The van der Waals surface area contributed by atoms with E-state index in [2.05, 4.69) is 45.9 Å². The molecule has 0 radical (unpaired) electrons. The number of rotatable bonds is 4. The number of hydrogen-bond donors (Lipinski definition) is 0. The molecule has 1 fully saturated rings. The number of methoxy groups -OCH3 is 2. The fourth-order valence-electron chi connectivity index (χ4n) is 3.85. The second kappa shape index (κ2) is 5.05. The Labute approximate surface area is 134 Å². The summed E-state index contributed by atoms with van der Waals surface area (Å²) in [5, 5.41) is 0. The first kappa shape index (κ1) is 16.0. The molecule has 2 aliphatic rings. The standard InChI is InChI=1S/C19H28O3/c1-17(2)9-10-18(3,4)15-11-13(7-8-14(15)17)19(12-22-19)16(20-5)21-6/h7-8,11,16H,9-10,12H2,1-6H3. The zero-order valence-corrected chi connectivity index (χ0v) is 14.7. The van der Waals surface area contributed by atoms with Crippen LogP contribution in [0.5, 0.6) is 0 Å². The lowest BCUT2D eigenvalue weighted by atomic mass is 9.62. The van der Waals surface area contributed by atoms with Crippen LogP contribution in [-0.4, -0.2) is 27.1 Å². The summed E-state index contributed by atoms with van der Waals surface area (Å²) in [7, 11) is 3.34. The van der Waals surface area contributed by atoms with E-state index in [1.54, 1.807) is 14.2 Å². The topological polar surface area (TPSA) is 31.0 Å². The molecule has 122 valence electrons. The SMILES string of the molecule is COC(OC)C1(c2ccc3c(c2)C(C)(C)CCC3(C)C)CO1. The maximum atomic E-state index is 5.79. The Morgan fingerprint density at radius 1 is 0.955 bits per heavy atom. The highest BCUT2D eigenvalue weighted by atomic mass is 16.7. The van der Waals surface area contributed by atoms with Crippen molar-refractivity contribution < 1.29 is 14.2 Å². The van der Waals surface area contributed by atoms with Crippen molar-refractivity contribution in [3.8, 4) is 0 Å². The van der Waals surface area contributed by atoms with Gasteiger partial charge in [-0.1, -0.05) is 45.9 Å². The van der Waals surface area contributed by atoms with E-state index >= 15 is 0 Å². The Morgan fingerprint density at radius 2 is 1.50 bits per heavy atom. The molecule has 1 unspecified atom stereocenters. The van der Waals surface area contributed by atoms with E-state index in [9.17, 15) is 0 Å². The molecule has 0 spiro atoms. The average molecular weight is 304 g/mol. The van der Waals surface area contributed by atoms with Crippen molar-refractivity contribution in [2.24, 2.45) is 0 Å². The van der Waals surface area contributed by atoms with E-state index in [1.165, 1.54) is 29.5 Å². The lowest BCUT2D eigenvalue weighted by molar-refractivity contribution is -0.148. The third-order valence-corrected chi connectivity index (χ3v) is 5.61. The zero-order chi connectivity index (χ0) is 16.2. The van der Waals surface area contributed by atoms with Crippen molar-refractivity contribution >= 4 is 0 Å².